The van der Waals surface area contributed by atoms with Crippen molar-refractivity contribution in [2.75, 3.05) is 24.9 Å². The summed E-state index contributed by atoms with van der Waals surface area (Å²) in [5, 5.41) is 6.64. The molecule has 3 aromatic rings. The van der Waals surface area contributed by atoms with Gasteiger partial charge in [0.25, 0.3) is 10.0 Å². The Bertz CT molecular complexity index is 1120. The number of nitrogens with zero attached hydrogens (tertiary/aromatic N) is 3. The van der Waals surface area contributed by atoms with Gasteiger partial charge < -0.3 is 4.90 Å². The molecule has 9 heteroatoms. The van der Waals surface area contributed by atoms with Crippen molar-refractivity contribution in [1.29, 1.82) is 0 Å². The average molecular weight is 439 g/mol. The largest absolute Gasteiger partial charge is 0.306 e. The summed E-state index contributed by atoms with van der Waals surface area (Å²) in [7, 11) is -1.72. The van der Waals surface area contributed by atoms with Gasteiger partial charge in [0, 0.05) is 26.9 Å². The maximum Gasteiger partial charge on any atom is 0.263 e. The minimum atomic E-state index is -3.80. The van der Waals surface area contributed by atoms with Gasteiger partial charge in [-0.05, 0) is 57.2 Å². The second-order valence-electron chi connectivity index (χ2n) is 7.04. The standard InChI is InChI=1S/C19H20Cl2N4O2S/c1-24-10-7-13(8-11-24)25-19(6-9-22-25)23-28(26,27)14-2-3-15-16(12-14)18(21)5-4-17(15)20/h2-6,9,12-13,23H,7-8,10-11H2,1H3. The van der Waals surface area contributed by atoms with Crippen LogP contribution >= 0.6 is 23.2 Å². The molecule has 1 aliphatic heterocycles. The molecule has 0 saturated carbocycles. The summed E-state index contributed by atoms with van der Waals surface area (Å²) in [5.41, 5.74) is 0. The molecular formula is C19H20Cl2N4O2S. The van der Waals surface area contributed by atoms with E-state index >= 15 is 0 Å². The number of rotatable bonds is 4. The molecule has 1 fully saturated rings. The Morgan fingerprint density at radius 1 is 1.04 bits per heavy atom. The number of nitrogens with one attached hydrogen (secondary N) is 1. The first-order valence-corrected chi connectivity index (χ1v) is 11.2. The number of aromatic nitrogens is 2. The van der Waals surface area contributed by atoms with Gasteiger partial charge in [0.1, 0.15) is 5.82 Å². The molecule has 2 heterocycles. The Balaban J connectivity index is 1.65. The third kappa shape index (κ3) is 3.72. The molecule has 4 rings (SSSR count). The lowest BCUT2D eigenvalue weighted by Crippen LogP contribution is -2.32. The lowest BCUT2D eigenvalue weighted by Gasteiger charge is -2.30. The normalized spacial score (nSPS) is 16.5. The molecule has 0 radical (unpaired) electrons. The molecule has 0 bridgehead atoms. The maximum atomic E-state index is 13.0. The van der Waals surface area contributed by atoms with Gasteiger partial charge in [-0.15, -0.1) is 0 Å². The van der Waals surface area contributed by atoms with Crippen LogP contribution in [0.2, 0.25) is 10.0 Å². The van der Waals surface area contributed by atoms with Gasteiger partial charge >= 0.3 is 0 Å². The predicted molar refractivity (Wildman–Crippen MR) is 113 cm³/mol. The summed E-state index contributed by atoms with van der Waals surface area (Å²) in [4.78, 5) is 2.38. The molecule has 0 unspecified atom stereocenters. The van der Waals surface area contributed by atoms with E-state index in [2.05, 4.69) is 21.8 Å². The summed E-state index contributed by atoms with van der Waals surface area (Å²) in [6.45, 7) is 1.92. The zero-order chi connectivity index (χ0) is 19.9. The highest BCUT2D eigenvalue weighted by molar-refractivity contribution is 7.92. The number of anilines is 1. The summed E-state index contributed by atoms with van der Waals surface area (Å²) in [5.74, 6) is 0.465. The van der Waals surface area contributed by atoms with Crippen LogP contribution in [-0.4, -0.2) is 43.2 Å². The van der Waals surface area contributed by atoms with Crippen LogP contribution in [0.3, 0.4) is 0 Å². The first-order chi connectivity index (χ1) is 13.3. The number of benzene rings is 2. The zero-order valence-corrected chi connectivity index (χ0v) is 17.6. The third-order valence-electron chi connectivity index (χ3n) is 5.14. The summed E-state index contributed by atoms with van der Waals surface area (Å²) >= 11 is 12.4. The molecule has 6 nitrogen and oxygen atoms in total. The van der Waals surface area contributed by atoms with Gasteiger partial charge in [0.15, 0.2) is 0 Å². The molecule has 1 N–H and O–H groups in total. The van der Waals surface area contributed by atoms with Gasteiger partial charge in [-0.1, -0.05) is 29.3 Å². The smallest absolute Gasteiger partial charge is 0.263 e. The number of hydrogen-bond donors (Lipinski definition) is 1. The van der Waals surface area contributed by atoms with E-state index in [0.29, 0.717) is 26.6 Å². The quantitative estimate of drug-likeness (QED) is 0.654. The summed E-state index contributed by atoms with van der Waals surface area (Å²) in [6, 6.07) is 9.96. The number of fused-ring (bicyclic) bond motifs is 1. The average Bonchev–Trinajstić information content (AvgIpc) is 3.12. The number of halogens is 2. The Morgan fingerprint density at radius 3 is 2.43 bits per heavy atom. The third-order valence-corrected chi connectivity index (χ3v) is 7.15. The molecule has 148 valence electrons. The Morgan fingerprint density at radius 2 is 1.71 bits per heavy atom. The van der Waals surface area contributed by atoms with E-state index in [-0.39, 0.29) is 10.9 Å². The molecule has 1 aromatic heterocycles. The van der Waals surface area contributed by atoms with Crippen LogP contribution in [0.25, 0.3) is 10.8 Å². The van der Waals surface area contributed by atoms with Gasteiger partial charge in [-0.2, -0.15) is 5.10 Å². The molecule has 0 spiro atoms. The zero-order valence-electron chi connectivity index (χ0n) is 15.3. The van der Waals surface area contributed by atoms with Gasteiger partial charge in [-0.25, -0.2) is 13.1 Å². The molecule has 28 heavy (non-hydrogen) atoms. The first-order valence-electron chi connectivity index (χ1n) is 8.98. The highest BCUT2D eigenvalue weighted by atomic mass is 35.5. The highest BCUT2D eigenvalue weighted by Crippen LogP contribution is 2.32. The van der Waals surface area contributed by atoms with E-state index in [0.717, 1.165) is 25.9 Å². The Labute approximate surface area is 174 Å². The summed E-state index contributed by atoms with van der Waals surface area (Å²) < 4.78 is 30.4. The Hall–Kier alpha value is -1.80. The van der Waals surface area contributed by atoms with E-state index in [1.54, 1.807) is 41.2 Å². The molecular weight excluding hydrogens is 419 g/mol. The van der Waals surface area contributed by atoms with Crippen LogP contribution in [0.5, 0.6) is 0 Å². The second kappa shape index (κ2) is 7.55. The van der Waals surface area contributed by atoms with Crippen molar-refractivity contribution < 1.29 is 8.42 Å². The fourth-order valence-corrected chi connectivity index (χ4v) is 5.07. The van der Waals surface area contributed by atoms with Gasteiger partial charge in [0.2, 0.25) is 0 Å². The van der Waals surface area contributed by atoms with Crippen molar-refractivity contribution in [2.45, 2.75) is 23.8 Å². The van der Waals surface area contributed by atoms with Crippen molar-refractivity contribution >= 4 is 49.8 Å². The van der Waals surface area contributed by atoms with Crippen LogP contribution in [0.4, 0.5) is 5.82 Å². The van der Waals surface area contributed by atoms with E-state index in [4.69, 9.17) is 23.2 Å². The molecule has 1 aliphatic rings. The fourth-order valence-electron chi connectivity index (χ4n) is 3.54. The minimum absolute atomic E-state index is 0.125. The van der Waals surface area contributed by atoms with Crippen molar-refractivity contribution in [3.63, 3.8) is 0 Å². The van der Waals surface area contributed by atoms with Crippen molar-refractivity contribution in [1.82, 2.24) is 14.7 Å². The predicted octanol–water partition coefficient (Wildman–Crippen LogP) is 4.41. The van der Waals surface area contributed by atoms with Gasteiger partial charge in [-0.3, -0.25) is 4.72 Å². The number of hydrogen-bond acceptors (Lipinski definition) is 4. The molecule has 1 saturated heterocycles. The Kier molecular flexibility index (Phi) is 5.26. The van der Waals surface area contributed by atoms with E-state index in [1.807, 2.05) is 0 Å². The number of likely N-dealkylation sites (tertiary alicyclic amines) is 1. The maximum absolute atomic E-state index is 13.0. The van der Waals surface area contributed by atoms with E-state index < -0.39 is 10.0 Å². The van der Waals surface area contributed by atoms with Crippen LogP contribution < -0.4 is 4.72 Å². The lowest BCUT2D eigenvalue weighted by molar-refractivity contribution is 0.214. The topological polar surface area (TPSA) is 67.2 Å². The van der Waals surface area contributed by atoms with Crippen LogP contribution in [-0.2, 0) is 10.0 Å². The van der Waals surface area contributed by atoms with Crippen molar-refractivity contribution in [2.24, 2.45) is 0 Å². The highest BCUT2D eigenvalue weighted by Gasteiger charge is 2.23. The SMILES string of the molecule is CN1CCC(n2nccc2NS(=O)(=O)c2ccc3c(Cl)ccc(Cl)c3c2)CC1. The second-order valence-corrected chi connectivity index (χ2v) is 9.53. The van der Waals surface area contributed by atoms with Crippen molar-refractivity contribution in [3.05, 3.63) is 52.6 Å². The van der Waals surface area contributed by atoms with Crippen LogP contribution in [0, 0.1) is 0 Å². The van der Waals surface area contributed by atoms with Crippen molar-refractivity contribution in [3.8, 4) is 0 Å². The number of piperidine rings is 1. The minimum Gasteiger partial charge on any atom is -0.306 e. The monoisotopic (exact) mass is 438 g/mol. The first kappa shape index (κ1) is 19.5. The lowest BCUT2D eigenvalue weighted by atomic mass is 10.1. The van der Waals surface area contributed by atoms with E-state index in [9.17, 15) is 8.42 Å². The fraction of sp³-hybridized carbons (Fsp3) is 0.316. The van der Waals surface area contributed by atoms with Gasteiger partial charge in [0.05, 0.1) is 17.1 Å². The molecule has 0 atom stereocenters. The molecule has 0 aliphatic carbocycles. The van der Waals surface area contributed by atoms with E-state index in [1.165, 1.54) is 6.07 Å². The summed E-state index contributed by atoms with van der Waals surface area (Å²) in [6.07, 6.45) is 3.47. The molecule has 2 aromatic carbocycles. The number of sulfonamides is 1. The van der Waals surface area contributed by atoms with Crippen LogP contribution in [0.15, 0.2) is 47.5 Å². The van der Waals surface area contributed by atoms with Crippen LogP contribution in [0.1, 0.15) is 18.9 Å². The molecule has 0 amide bonds.